The number of nitrogens with zero attached hydrogens (tertiary/aromatic N) is 1. The van der Waals surface area contributed by atoms with E-state index in [-0.39, 0.29) is 5.82 Å². The maximum absolute atomic E-state index is 13.3. The van der Waals surface area contributed by atoms with Gasteiger partial charge in [0.25, 0.3) is 5.22 Å². The topological polar surface area (TPSA) is 26.0 Å². The predicted molar refractivity (Wildman–Crippen MR) is 69.6 cm³/mol. The lowest BCUT2D eigenvalue weighted by Crippen LogP contribution is -1.86. The van der Waals surface area contributed by atoms with Crippen molar-refractivity contribution in [3.05, 3.63) is 45.5 Å². The van der Waals surface area contributed by atoms with Crippen LogP contribution < -0.4 is 0 Å². The highest BCUT2D eigenvalue weighted by atomic mass is 79.9. The first-order valence-electron chi connectivity index (χ1n) is 5.07. The molecule has 1 aromatic heterocycles. The molecule has 0 atom stereocenters. The molecule has 0 saturated heterocycles. The quantitative estimate of drug-likeness (QED) is 0.781. The highest BCUT2D eigenvalue weighted by Crippen LogP contribution is 2.28. The van der Waals surface area contributed by atoms with Crippen LogP contribution in [0.5, 0.6) is 0 Å². The molecule has 1 aromatic carbocycles. The number of aryl methyl sites for hydroxylation is 2. The molecule has 0 radical (unpaired) electrons. The highest BCUT2D eigenvalue weighted by Gasteiger charge is 2.09. The fourth-order valence-electron chi connectivity index (χ4n) is 1.30. The summed E-state index contributed by atoms with van der Waals surface area (Å²) in [6.07, 6.45) is 0. The van der Waals surface area contributed by atoms with Gasteiger partial charge in [0.2, 0.25) is 0 Å². The Morgan fingerprint density at radius 1 is 1.41 bits per heavy atom. The van der Waals surface area contributed by atoms with Gasteiger partial charge in [-0.15, -0.1) is 0 Å². The summed E-state index contributed by atoms with van der Waals surface area (Å²) in [6.45, 7) is 3.78. The molecule has 0 aliphatic heterocycles. The zero-order valence-corrected chi connectivity index (χ0v) is 11.9. The minimum atomic E-state index is -0.247. The number of thioether (sulfide) groups is 1. The van der Waals surface area contributed by atoms with E-state index in [9.17, 15) is 4.39 Å². The molecule has 0 spiro atoms. The van der Waals surface area contributed by atoms with Gasteiger partial charge < -0.3 is 4.42 Å². The predicted octanol–water partition coefficient (Wildman–Crippen LogP) is 4.49. The number of oxazole rings is 1. The Balaban J connectivity index is 2.10. The van der Waals surface area contributed by atoms with Crippen LogP contribution in [0.15, 0.2) is 32.3 Å². The Bertz CT molecular complexity index is 522. The zero-order valence-electron chi connectivity index (χ0n) is 9.46. The van der Waals surface area contributed by atoms with E-state index in [0.717, 1.165) is 17.0 Å². The van der Waals surface area contributed by atoms with Crippen LogP contribution in [0.1, 0.15) is 17.0 Å². The van der Waals surface area contributed by atoms with E-state index in [0.29, 0.717) is 15.4 Å². The molecule has 2 rings (SSSR count). The first-order valence-corrected chi connectivity index (χ1v) is 6.85. The lowest BCUT2D eigenvalue weighted by Gasteiger charge is -2.02. The average molecular weight is 316 g/mol. The molecular formula is C12H11BrFNOS. The normalized spacial score (nSPS) is 10.8. The molecule has 0 bridgehead atoms. The van der Waals surface area contributed by atoms with Crippen LogP contribution in [0.4, 0.5) is 4.39 Å². The molecule has 17 heavy (non-hydrogen) atoms. The number of aromatic nitrogens is 1. The van der Waals surface area contributed by atoms with Crippen LogP contribution in [0.25, 0.3) is 0 Å². The molecular weight excluding hydrogens is 305 g/mol. The standard InChI is InChI=1S/C12H11BrFNOS/c1-7-8(2)16-12(15-7)17-6-9-4-3-5-10(14)11(9)13/h3-5H,6H2,1-2H3. The van der Waals surface area contributed by atoms with E-state index in [1.807, 2.05) is 19.9 Å². The van der Waals surface area contributed by atoms with Gasteiger partial charge in [0.1, 0.15) is 11.6 Å². The maximum Gasteiger partial charge on any atom is 0.256 e. The van der Waals surface area contributed by atoms with Crippen molar-refractivity contribution in [2.45, 2.75) is 24.8 Å². The van der Waals surface area contributed by atoms with Crippen molar-refractivity contribution in [2.75, 3.05) is 0 Å². The second-order valence-electron chi connectivity index (χ2n) is 3.62. The van der Waals surface area contributed by atoms with Crippen LogP contribution in [0.3, 0.4) is 0 Å². The van der Waals surface area contributed by atoms with E-state index in [2.05, 4.69) is 20.9 Å². The van der Waals surface area contributed by atoms with Crippen LogP contribution >= 0.6 is 27.7 Å². The Labute approximate surface area is 112 Å². The summed E-state index contributed by atoms with van der Waals surface area (Å²) in [7, 11) is 0. The molecule has 0 saturated carbocycles. The molecule has 2 nitrogen and oxygen atoms in total. The van der Waals surface area contributed by atoms with E-state index >= 15 is 0 Å². The van der Waals surface area contributed by atoms with Gasteiger partial charge in [-0.25, -0.2) is 9.37 Å². The largest absolute Gasteiger partial charge is 0.437 e. The van der Waals surface area contributed by atoms with Crippen molar-refractivity contribution in [3.8, 4) is 0 Å². The van der Waals surface area contributed by atoms with Crippen molar-refractivity contribution in [3.63, 3.8) is 0 Å². The highest BCUT2D eigenvalue weighted by molar-refractivity contribution is 9.10. The van der Waals surface area contributed by atoms with Gasteiger partial charge in [-0.3, -0.25) is 0 Å². The third-order valence-corrected chi connectivity index (χ3v) is 4.16. The van der Waals surface area contributed by atoms with Crippen LogP contribution in [-0.2, 0) is 5.75 Å². The summed E-state index contributed by atoms with van der Waals surface area (Å²) in [5, 5.41) is 0.621. The Kier molecular flexibility index (Phi) is 3.89. The molecule has 5 heteroatoms. The molecule has 0 aliphatic carbocycles. The van der Waals surface area contributed by atoms with Gasteiger partial charge in [-0.1, -0.05) is 23.9 Å². The third kappa shape index (κ3) is 2.90. The Hall–Kier alpha value is -0.810. The van der Waals surface area contributed by atoms with E-state index in [4.69, 9.17) is 4.42 Å². The van der Waals surface area contributed by atoms with E-state index in [1.54, 1.807) is 6.07 Å². The number of benzene rings is 1. The summed E-state index contributed by atoms with van der Waals surface area (Å²) >= 11 is 4.69. The molecule has 0 amide bonds. The Morgan fingerprint density at radius 3 is 2.82 bits per heavy atom. The number of halogens is 2. The van der Waals surface area contributed by atoms with Gasteiger partial charge in [0, 0.05) is 5.75 Å². The summed E-state index contributed by atoms with van der Waals surface area (Å²) in [5.74, 6) is 1.20. The minimum absolute atomic E-state index is 0.247. The van der Waals surface area contributed by atoms with Crippen LogP contribution in [0.2, 0.25) is 0 Å². The lowest BCUT2D eigenvalue weighted by atomic mass is 10.2. The number of hydrogen-bond acceptors (Lipinski definition) is 3. The van der Waals surface area contributed by atoms with Crippen LogP contribution in [-0.4, -0.2) is 4.98 Å². The fraction of sp³-hybridized carbons (Fsp3) is 0.250. The third-order valence-electron chi connectivity index (χ3n) is 2.39. The fourth-order valence-corrected chi connectivity index (χ4v) is 2.80. The molecule has 0 unspecified atom stereocenters. The second kappa shape index (κ2) is 5.23. The van der Waals surface area contributed by atoms with Gasteiger partial charge in [0.15, 0.2) is 0 Å². The zero-order chi connectivity index (χ0) is 12.4. The van der Waals surface area contributed by atoms with Gasteiger partial charge in [0.05, 0.1) is 10.2 Å². The van der Waals surface area contributed by atoms with E-state index in [1.165, 1.54) is 17.8 Å². The monoisotopic (exact) mass is 315 g/mol. The lowest BCUT2D eigenvalue weighted by molar-refractivity contribution is 0.431. The summed E-state index contributed by atoms with van der Waals surface area (Å²) in [4.78, 5) is 4.26. The van der Waals surface area contributed by atoms with Crippen molar-refractivity contribution in [1.82, 2.24) is 4.98 Å². The van der Waals surface area contributed by atoms with Gasteiger partial charge >= 0.3 is 0 Å². The smallest absolute Gasteiger partial charge is 0.256 e. The summed E-state index contributed by atoms with van der Waals surface area (Å²) in [5.41, 5.74) is 1.79. The molecule has 0 fully saturated rings. The average Bonchev–Trinajstić information content (AvgIpc) is 2.61. The molecule has 0 aliphatic rings. The van der Waals surface area contributed by atoms with Crippen molar-refractivity contribution >= 4 is 27.7 Å². The molecule has 0 N–H and O–H groups in total. The van der Waals surface area contributed by atoms with Gasteiger partial charge in [-0.05, 0) is 41.4 Å². The Morgan fingerprint density at radius 2 is 2.18 bits per heavy atom. The SMILES string of the molecule is Cc1nc(SCc2cccc(F)c2Br)oc1C. The first kappa shape index (κ1) is 12.6. The number of rotatable bonds is 3. The van der Waals surface area contributed by atoms with Gasteiger partial charge in [-0.2, -0.15) is 0 Å². The first-order chi connectivity index (χ1) is 8.08. The summed E-state index contributed by atoms with van der Waals surface area (Å²) in [6, 6.07) is 5.00. The van der Waals surface area contributed by atoms with Crippen molar-refractivity contribution in [2.24, 2.45) is 0 Å². The van der Waals surface area contributed by atoms with Crippen molar-refractivity contribution in [1.29, 1.82) is 0 Å². The number of hydrogen-bond donors (Lipinski definition) is 0. The minimum Gasteiger partial charge on any atom is -0.437 e. The van der Waals surface area contributed by atoms with E-state index < -0.39 is 0 Å². The van der Waals surface area contributed by atoms with Crippen LogP contribution in [0, 0.1) is 19.7 Å². The molecule has 2 aromatic rings. The maximum atomic E-state index is 13.3. The van der Waals surface area contributed by atoms with Crippen molar-refractivity contribution < 1.29 is 8.81 Å². The second-order valence-corrected chi connectivity index (χ2v) is 5.34. The summed E-state index contributed by atoms with van der Waals surface area (Å²) < 4.78 is 19.2. The molecule has 1 heterocycles. The molecule has 90 valence electrons.